The topological polar surface area (TPSA) is 91.7 Å². The van der Waals surface area contributed by atoms with Gasteiger partial charge in [0.15, 0.2) is 5.69 Å². The second-order valence-corrected chi connectivity index (χ2v) is 5.90. The highest BCUT2D eigenvalue weighted by molar-refractivity contribution is 6.04. The number of nitrogens with zero attached hydrogens (tertiary/aromatic N) is 2. The molecule has 0 aliphatic carbocycles. The zero-order valence-electron chi connectivity index (χ0n) is 15.9. The quantitative estimate of drug-likeness (QED) is 0.626. The summed E-state index contributed by atoms with van der Waals surface area (Å²) in [4.78, 5) is 25.7. The first kappa shape index (κ1) is 19.4. The smallest absolute Gasteiger partial charge is 0.279 e. The van der Waals surface area contributed by atoms with E-state index in [-0.39, 0.29) is 11.3 Å². The number of fused-ring (bicyclic) bond motifs is 1. The van der Waals surface area contributed by atoms with Crippen LogP contribution in [-0.4, -0.2) is 50.2 Å². The zero-order valence-corrected chi connectivity index (χ0v) is 15.9. The summed E-state index contributed by atoms with van der Waals surface area (Å²) in [5, 5.41) is 7.95. The summed E-state index contributed by atoms with van der Waals surface area (Å²) >= 11 is 0. The molecule has 0 spiro atoms. The van der Waals surface area contributed by atoms with Crippen molar-refractivity contribution in [3.05, 3.63) is 58.5 Å². The second-order valence-electron chi connectivity index (χ2n) is 5.90. The molecule has 0 atom stereocenters. The molecular weight excluding hydrogens is 362 g/mol. The highest BCUT2D eigenvalue weighted by atomic mass is 16.5. The Kier molecular flexibility index (Phi) is 5.90. The highest BCUT2D eigenvalue weighted by Gasteiger charge is 2.19. The van der Waals surface area contributed by atoms with E-state index in [4.69, 9.17) is 14.2 Å². The molecule has 8 nitrogen and oxygen atoms in total. The summed E-state index contributed by atoms with van der Waals surface area (Å²) < 4.78 is 16.7. The molecule has 0 aliphatic heterocycles. The number of amides is 1. The van der Waals surface area contributed by atoms with Crippen LogP contribution in [0.15, 0.2) is 47.3 Å². The zero-order chi connectivity index (χ0) is 20.1. The van der Waals surface area contributed by atoms with Crippen molar-refractivity contribution in [3.8, 4) is 17.2 Å². The molecule has 1 amide bonds. The van der Waals surface area contributed by atoms with Gasteiger partial charge in [-0.25, -0.2) is 0 Å². The van der Waals surface area contributed by atoms with Gasteiger partial charge in [0.1, 0.15) is 17.2 Å². The van der Waals surface area contributed by atoms with E-state index >= 15 is 0 Å². The first-order valence-electron chi connectivity index (χ1n) is 8.62. The van der Waals surface area contributed by atoms with Crippen LogP contribution in [0, 0.1) is 0 Å². The summed E-state index contributed by atoms with van der Waals surface area (Å²) in [6, 6.07) is 11.9. The molecule has 0 saturated carbocycles. The third-order valence-corrected chi connectivity index (χ3v) is 4.23. The van der Waals surface area contributed by atoms with Gasteiger partial charge in [-0.15, -0.1) is 0 Å². The van der Waals surface area contributed by atoms with Crippen LogP contribution in [0.2, 0.25) is 0 Å². The molecule has 0 fully saturated rings. The first-order chi connectivity index (χ1) is 13.6. The van der Waals surface area contributed by atoms with Crippen LogP contribution in [0.1, 0.15) is 10.5 Å². The minimum absolute atomic E-state index is 0.143. The lowest BCUT2D eigenvalue weighted by Crippen LogP contribution is -2.31. The van der Waals surface area contributed by atoms with Crippen LogP contribution in [-0.2, 0) is 4.74 Å². The maximum atomic E-state index is 13.0. The van der Waals surface area contributed by atoms with E-state index in [9.17, 15) is 9.59 Å². The Balaban J connectivity index is 2.20. The van der Waals surface area contributed by atoms with E-state index in [1.165, 1.54) is 18.9 Å². The molecule has 146 valence electrons. The van der Waals surface area contributed by atoms with Gasteiger partial charge in [0, 0.05) is 25.1 Å². The summed E-state index contributed by atoms with van der Waals surface area (Å²) in [7, 11) is 4.58. The van der Waals surface area contributed by atoms with E-state index in [2.05, 4.69) is 10.4 Å². The summed E-state index contributed by atoms with van der Waals surface area (Å²) in [6.45, 7) is 0.700. The minimum Gasteiger partial charge on any atom is -0.497 e. The number of methoxy groups -OCH3 is 3. The number of hydrogen-bond donors (Lipinski definition) is 1. The summed E-state index contributed by atoms with van der Waals surface area (Å²) in [5.74, 6) is 0.580. The number of nitrogens with one attached hydrogen (secondary N) is 1. The number of ether oxygens (including phenoxy) is 3. The molecule has 0 saturated heterocycles. The summed E-state index contributed by atoms with van der Waals surface area (Å²) in [5.41, 5.74) is 0.196. The van der Waals surface area contributed by atoms with Crippen LogP contribution >= 0.6 is 0 Å². The third-order valence-electron chi connectivity index (χ3n) is 4.23. The third kappa shape index (κ3) is 3.67. The first-order valence-corrected chi connectivity index (χ1v) is 8.62. The van der Waals surface area contributed by atoms with Gasteiger partial charge in [0.25, 0.3) is 11.5 Å². The number of carbonyl (C=O) groups excluding carboxylic acids is 1. The average Bonchev–Trinajstić information content (AvgIpc) is 2.74. The molecule has 1 aromatic heterocycles. The van der Waals surface area contributed by atoms with Gasteiger partial charge in [-0.2, -0.15) is 9.78 Å². The number of aromatic nitrogens is 2. The van der Waals surface area contributed by atoms with Crippen molar-refractivity contribution in [2.45, 2.75) is 0 Å². The molecule has 3 rings (SSSR count). The van der Waals surface area contributed by atoms with Crippen molar-refractivity contribution in [1.82, 2.24) is 15.1 Å². The molecule has 0 unspecified atom stereocenters. The maximum Gasteiger partial charge on any atom is 0.279 e. The van der Waals surface area contributed by atoms with Gasteiger partial charge in [0.05, 0.1) is 26.2 Å². The van der Waals surface area contributed by atoms with Gasteiger partial charge in [0.2, 0.25) is 0 Å². The predicted octanol–water partition coefficient (Wildman–Crippen LogP) is 1.78. The Morgan fingerprint density at radius 3 is 2.50 bits per heavy atom. The Bertz CT molecular complexity index is 1060. The molecular formula is C20H21N3O5. The minimum atomic E-state index is -0.394. The number of benzene rings is 2. The summed E-state index contributed by atoms with van der Waals surface area (Å²) in [6.07, 6.45) is 0. The molecule has 8 heteroatoms. The van der Waals surface area contributed by atoms with E-state index in [0.29, 0.717) is 41.1 Å². The number of hydrogen-bond acceptors (Lipinski definition) is 6. The monoisotopic (exact) mass is 383 g/mol. The molecule has 1 N–H and O–H groups in total. The van der Waals surface area contributed by atoms with Crippen molar-refractivity contribution in [2.24, 2.45) is 0 Å². The molecule has 1 heterocycles. The standard InChI is InChI=1S/C20H21N3O5/c1-26-11-10-21-19(24)18-14-6-4-5-7-15(14)20(25)23(22-18)16-9-8-13(27-2)12-17(16)28-3/h4-9,12H,10-11H2,1-3H3,(H,21,24). The Morgan fingerprint density at radius 2 is 1.82 bits per heavy atom. The van der Waals surface area contributed by atoms with Gasteiger partial charge in [-0.1, -0.05) is 18.2 Å². The van der Waals surface area contributed by atoms with Crippen LogP contribution in [0.3, 0.4) is 0 Å². The second kappa shape index (κ2) is 8.53. The fourth-order valence-corrected chi connectivity index (χ4v) is 2.83. The van der Waals surface area contributed by atoms with Gasteiger partial charge < -0.3 is 19.5 Å². The molecule has 2 aromatic carbocycles. The van der Waals surface area contributed by atoms with Crippen molar-refractivity contribution in [1.29, 1.82) is 0 Å². The van der Waals surface area contributed by atoms with Crippen molar-refractivity contribution in [2.75, 3.05) is 34.5 Å². The van der Waals surface area contributed by atoms with Gasteiger partial charge in [-0.05, 0) is 18.2 Å². The lowest BCUT2D eigenvalue weighted by atomic mass is 10.1. The van der Waals surface area contributed by atoms with Crippen LogP contribution in [0.25, 0.3) is 16.5 Å². The lowest BCUT2D eigenvalue weighted by Gasteiger charge is -2.14. The molecule has 0 bridgehead atoms. The molecule has 0 radical (unpaired) electrons. The van der Waals surface area contributed by atoms with E-state index < -0.39 is 5.91 Å². The fraction of sp³-hybridized carbons (Fsp3) is 0.250. The molecule has 0 aliphatic rings. The van der Waals surface area contributed by atoms with Crippen molar-refractivity contribution >= 4 is 16.7 Å². The van der Waals surface area contributed by atoms with Crippen LogP contribution in [0.5, 0.6) is 11.5 Å². The van der Waals surface area contributed by atoms with Gasteiger partial charge in [-0.3, -0.25) is 9.59 Å². The van der Waals surface area contributed by atoms with Gasteiger partial charge >= 0.3 is 0 Å². The van der Waals surface area contributed by atoms with Crippen LogP contribution in [0.4, 0.5) is 0 Å². The van der Waals surface area contributed by atoms with Crippen LogP contribution < -0.4 is 20.3 Å². The van der Waals surface area contributed by atoms with E-state index in [0.717, 1.165) is 0 Å². The van der Waals surface area contributed by atoms with Crippen molar-refractivity contribution < 1.29 is 19.0 Å². The Morgan fingerprint density at radius 1 is 1.07 bits per heavy atom. The normalized spacial score (nSPS) is 10.7. The lowest BCUT2D eigenvalue weighted by molar-refractivity contribution is 0.0932. The SMILES string of the molecule is COCCNC(=O)c1nn(-c2ccc(OC)cc2OC)c(=O)c2ccccc12. The average molecular weight is 383 g/mol. The predicted molar refractivity (Wildman–Crippen MR) is 105 cm³/mol. The number of carbonyl (C=O) groups is 1. The fourth-order valence-electron chi connectivity index (χ4n) is 2.83. The van der Waals surface area contributed by atoms with Crippen molar-refractivity contribution in [3.63, 3.8) is 0 Å². The number of rotatable bonds is 7. The molecule has 28 heavy (non-hydrogen) atoms. The highest BCUT2D eigenvalue weighted by Crippen LogP contribution is 2.27. The molecule has 3 aromatic rings. The Labute approximate surface area is 161 Å². The largest absolute Gasteiger partial charge is 0.497 e. The van der Waals surface area contributed by atoms with E-state index in [1.54, 1.807) is 49.6 Å². The maximum absolute atomic E-state index is 13.0. The van der Waals surface area contributed by atoms with E-state index in [1.807, 2.05) is 0 Å². The Hall–Kier alpha value is -3.39.